The van der Waals surface area contributed by atoms with Crippen molar-refractivity contribution < 1.29 is 30.2 Å². The van der Waals surface area contributed by atoms with E-state index in [9.17, 15) is 21.6 Å². The summed E-state index contributed by atoms with van der Waals surface area (Å²) in [7, 11) is -8.04. The van der Waals surface area contributed by atoms with E-state index in [-0.39, 0.29) is 53.3 Å². The van der Waals surface area contributed by atoms with Gasteiger partial charge in [0.1, 0.15) is 5.76 Å². The van der Waals surface area contributed by atoms with Crippen LogP contribution in [0.3, 0.4) is 0 Å². The van der Waals surface area contributed by atoms with Gasteiger partial charge in [0.05, 0.1) is 6.10 Å². The maximum atomic E-state index is 13.1. The number of hydrogen-bond donors (Lipinski definition) is 0. The molecule has 1 spiro atoms. The molecule has 0 aliphatic heterocycles. The molecule has 0 heterocycles. The average molecular weight is 555 g/mol. The van der Waals surface area contributed by atoms with Crippen LogP contribution in [0.4, 0.5) is 13.2 Å². The van der Waals surface area contributed by atoms with Crippen molar-refractivity contribution in [3.8, 4) is 0 Å². The predicted molar refractivity (Wildman–Crippen MR) is 133 cm³/mol. The molecule has 4 bridgehead atoms. The summed E-state index contributed by atoms with van der Waals surface area (Å²) in [4.78, 5) is 0. The fourth-order valence-corrected chi connectivity index (χ4v) is 14.6. The molecule has 0 aromatic carbocycles. The van der Waals surface area contributed by atoms with Crippen LogP contribution in [0, 0.1) is 35.0 Å². The second-order valence-electron chi connectivity index (χ2n) is 12.1. The number of rotatable bonds is 7. The van der Waals surface area contributed by atoms with Gasteiger partial charge in [-0.2, -0.15) is 21.6 Å². The largest absolute Gasteiger partial charge is 0.534 e. The van der Waals surface area contributed by atoms with Crippen molar-refractivity contribution in [3.05, 3.63) is 22.9 Å². The molecule has 4 aliphatic rings. The highest BCUT2D eigenvalue weighted by Gasteiger charge is 2.69. The fraction of sp³-hybridized carbons (Fsp3) is 0.840. The Morgan fingerprint density at radius 1 is 1.06 bits per heavy atom. The van der Waals surface area contributed by atoms with Crippen molar-refractivity contribution in [1.29, 1.82) is 0 Å². The van der Waals surface area contributed by atoms with Crippen LogP contribution in [-0.2, 0) is 18.7 Å². The van der Waals surface area contributed by atoms with Gasteiger partial charge >= 0.3 is 15.6 Å². The lowest BCUT2D eigenvalue weighted by Gasteiger charge is -2.60. The van der Waals surface area contributed by atoms with Gasteiger partial charge in [-0.3, -0.25) is 0 Å². The first-order chi connectivity index (χ1) is 16.0. The van der Waals surface area contributed by atoms with Crippen LogP contribution in [-0.4, -0.2) is 28.3 Å². The molecule has 35 heavy (non-hydrogen) atoms. The Kier molecular flexibility index (Phi) is 6.89. The molecule has 0 saturated heterocycles. The van der Waals surface area contributed by atoms with Crippen LogP contribution < -0.4 is 0 Å². The lowest BCUT2D eigenvalue weighted by Crippen LogP contribution is -2.61. The van der Waals surface area contributed by atoms with Crippen molar-refractivity contribution in [2.75, 3.05) is 0 Å². The van der Waals surface area contributed by atoms with E-state index >= 15 is 0 Å². The van der Waals surface area contributed by atoms with Crippen molar-refractivity contribution >= 4 is 30.0 Å². The lowest BCUT2D eigenvalue weighted by atomic mass is 9.50. The first-order valence-electron chi connectivity index (χ1n) is 12.8. The van der Waals surface area contributed by atoms with Crippen LogP contribution in [0.25, 0.3) is 0 Å². The van der Waals surface area contributed by atoms with E-state index in [0.29, 0.717) is 16.6 Å². The van der Waals surface area contributed by atoms with Crippen molar-refractivity contribution in [2.45, 2.75) is 96.0 Å². The molecule has 0 aromatic rings. The van der Waals surface area contributed by atoms with Gasteiger partial charge < -0.3 is 8.61 Å². The molecular weight excluding hydrogens is 517 g/mol. The molecule has 0 aromatic heterocycles. The van der Waals surface area contributed by atoms with Gasteiger partial charge in [-0.25, -0.2) is 0 Å². The van der Waals surface area contributed by atoms with Crippen LogP contribution in [0.1, 0.15) is 67.7 Å². The summed E-state index contributed by atoms with van der Waals surface area (Å²) in [6.45, 7) is 15.4. The normalized spacial score (nSPS) is 34.3. The number of alkyl halides is 3. The van der Waals surface area contributed by atoms with Crippen LogP contribution in [0.15, 0.2) is 22.9 Å². The second kappa shape index (κ2) is 8.77. The highest BCUT2D eigenvalue weighted by atomic mass is 35.5. The van der Waals surface area contributed by atoms with E-state index < -0.39 is 23.9 Å². The van der Waals surface area contributed by atoms with E-state index in [2.05, 4.69) is 54.5 Å². The van der Waals surface area contributed by atoms with Crippen molar-refractivity contribution in [2.24, 2.45) is 35.0 Å². The Hall–Kier alpha value is -0.513. The third kappa shape index (κ3) is 4.15. The second-order valence-corrected chi connectivity index (χ2v) is 19.5. The Morgan fingerprint density at radius 3 is 2.06 bits per heavy atom. The summed E-state index contributed by atoms with van der Waals surface area (Å²) < 4.78 is 75.2. The monoisotopic (exact) mass is 554 g/mol. The van der Waals surface area contributed by atoms with Gasteiger partial charge in [-0.1, -0.05) is 66.1 Å². The van der Waals surface area contributed by atoms with Crippen LogP contribution in [0.5, 0.6) is 0 Å². The molecule has 4 aliphatic carbocycles. The van der Waals surface area contributed by atoms with Gasteiger partial charge in [-0.15, -0.1) is 0 Å². The minimum atomic E-state index is -5.72. The van der Waals surface area contributed by atoms with E-state index in [4.69, 9.17) is 20.2 Å². The summed E-state index contributed by atoms with van der Waals surface area (Å²) >= 11 is 6.70. The molecule has 4 nitrogen and oxygen atoms in total. The summed E-state index contributed by atoms with van der Waals surface area (Å²) in [5.41, 5.74) is -4.35. The van der Waals surface area contributed by atoms with E-state index in [1.54, 1.807) is 6.08 Å². The molecule has 0 amide bonds. The first-order valence-corrected chi connectivity index (χ1v) is 16.7. The molecule has 2 saturated carbocycles. The highest BCUT2D eigenvalue weighted by Crippen LogP contribution is 2.73. The Labute approximate surface area is 213 Å². The standard InChI is InChI=1S/C25H38ClF3O4SSi/c1-13(2)35(14(3)4,15(5)6)33-23-18-10-17(32-34(30,31)25(27,28)29)11-19(23)22-16(7)21(26)12-20(18)24(22)8-9-24/h10,12-16,18-20,22-23H,8-9,11H2,1-7H3/t16-,18-,19-,20+,22+,23-/m1/s1. The number of halogens is 4. The molecule has 10 heteroatoms. The zero-order valence-corrected chi connectivity index (χ0v) is 24.1. The number of fused-ring (bicyclic) bond motifs is 4. The minimum Gasteiger partial charge on any atom is -0.412 e. The van der Waals surface area contributed by atoms with Crippen molar-refractivity contribution in [3.63, 3.8) is 0 Å². The van der Waals surface area contributed by atoms with Gasteiger partial charge in [0.15, 0.2) is 0 Å². The molecule has 6 atom stereocenters. The highest BCUT2D eigenvalue weighted by molar-refractivity contribution is 7.87. The Balaban J connectivity index is 1.82. The zero-order valence-electron chi connectivity index (χ0n) is 21.5. The molecule has 0 radical (unpaired) electrons. The maximum Gasteiger partial charge on any atom is 0.534 e. The summed E-state index contributed by atoms with van der Waals surface area (Å²) in [5, 5.41) is 0.798. The number of hydrogen-bond acceptors (Lipinski definition) is 4. The third-order valence-electron chi connectivity index (χ3n) is 9.51. The topological polar surface area (TPSA) is 52.6 Å². The fourth-order valence-electron chi connectivity index (χ4n) is 8.19. The smallest absolute Gasteiger partial charge is 0.412 e. The van der Waals surface area contributed by atoms with Crippen LogP contribution in [0.2, 0.25) is 16.6 Å². The van der Waals surface area contributed by atoms with Crippen molar-refractivity contribution in [1.82, 2.24) is 0 Å². The SMILES string of the molecule is CC(C)[Si](O[C@@H]1[C@@H]2C=C(OS(=O)(=O)C(F)(F)F)C[C@@H]1[C@@H]1[C@H](C)C(Cl)=C[C@@H]2C12CC2)(C(C)C)C(C)C. The van der Waals surface area contributed by atoms with E-state index in [0.717, 1.165) is 17.9 Å². The molecular formula is C25H38ClF3O4SSi. The molecule has 0 unspecified atom stereocenters. The molecule has 0 N–H and O–H groups in total. The summed E-state index contributed by atoms with van der Waals surface area (Å²) in [6.07, 6.45) is 5.73. The lowest BCUT2D eigenvalue weighted by molar-refractivity contribution is -0.0881. The van der Waals surface area contributed by atoms with Crippen LogP contribution >= 0.6 is 11.6 Å². The average Bonchev–Trinajstić information content (AvgIpc) is 3.48. The molecule has 4 rings (SSSR count). The van der Waals surface area contributed by atoms with Gasteiger partial charge in [-0.05, 0) is 64.6 Å². The number of allylic oxidation sites excluding steroid dienone is 3. The molecule has 2 fully saturated rings. The van der Waals surface area contributed by atoms with Gasteiger partial charge in [0, 0.05) is 17.4 Å². The zero-order chi connectivity index (χ0) is 26.3. The quantitative estimate of drug-likeness (QED) is 0.183. The van der Waals surface area contributed by atoms with Gasteiger partial charge in [0.25, 0.3) is 0 Å². The van der Waals surface area contributed by atoms with E-state index in [1.807, 2.05) is 0 Å². The summed E-state index contributed by atoms with van der Waals surface area (Å²) in [5.74, 6) is -0.363. The minimum absolute atomic E-state index is 0.00290. The Morgan fingerprint density at radius 2 is 1.60 bits per heavy atom. The predicted octanol–water partition coefficient (Wildman–Crippen LogP) is 7.73. The first kappa shape index (κ1) is 27.5. The maximum absolute atomic E-state index is 13.1. The van der Waals surface area contributed by atoms with Gasteiger partial charge in [0.2, 0.25) is 8.32 Å². The molecule has 200 valence electrons. The summed E-state index contributed by atoms with van der Waals surface area (Å²) in [6, 6.07) is 0. The third-order valence-corrected chi connectivity index (χ3v) is 17.1. The van der Waals surface area contributed by atoms with E-state index in [1.165, 1.54) is 0 Å². The Bertz CT molecular complexity index is 994.